The Morgan fingerprint density at radius 2 is 1.86 bits per heavy atom. The lowest BCUT2D eigenvalue weighted by atomic mass is 9.78. The Morgan fingerprint density at radius 1 is 1.14 bits per heavy atom. The average Bonchev–Trinajstić information content (AvgIpc) is 2.49. The second-order valence-corrected chi connectivity index (χ2v) is 5.46. The second kappa shape index (κ2) is 5.67. The number of amides is 1. The van der Waals surface area contributed by atoms with E-state index in [4.69, 9.17) is 4.74 Å². The minimum absolute atomic E-state index is 0.355. The van der Waals surface area contributed by atoms with E-state index in [1.165, 1.54) is 12.0 Å². The third kappa shape index (κ3) is 2.39. The minimum Gasteiger partial charge on any atom is -0.481 e. The summed E-state index contributed by atoms with van der Waals surface area (Å²) < 4.78 is 4.86. The summed E-state index contributed by atoms with van der Waals surface area (Å²) in [4.78, 5) is 24.9. The first-order chi connectivity index (χ1) is 10.6. The van der Waals surface area contributed by atoms with E-state index in [1.807, 2.05) is 42.5 Å². The Labute approximate surface area is 128 Å². The normalized spacial score (nSPS) is 20.2. The zero-order valence-electron chi connectivity index (χ0n) is 12.2. The molecule has 5 nitrogen and oxygen atoms in total. The molecule has 0 bridgehead atoms. The number of carboxylic acids is 1. The van der Waals surface area contributed by atoms with Gasteiger partial charge in [0.25, 0.3) is 0 Å². The Hall–Kier alpha value is -2.56. The highest BCUT2D eigenvalue weighted by molar-refractivity contribution is 5.94. The number of hydrogen-bond donors (Lipinski definition) is 1. The van der Waals surface area contributed by atoms with Crippen LogP contribution >= 0.6 is 0 Å². The van der Waals surface area contributed by atoms with Gasteiger partial charge >= 0.3 is 12.1 Å². The van der Waals surface area contributed by atoms with Crippen LogP contribution in [0.3, 0.4) is 0 Å². The highest BCUT2D eigenvalue weighted by Gasteiger charge is 2.43. The van der Waals surface area contributed by atoms with Gasteiger partial charge in [0.1, 0.15) is 0 Å². The molecule has 1 fully saturated rings. The molecule has 2 atom stereocenters. The van der Waals surface area contributed by atoms with Crippen LogP contribution in [-0.4, -0.2) is 30.3 Å². The second-order valence-electron chi connectivity index (χ2n) is 5.46. The summed E-state index contributed by atoms with van der Waals surface area (Å²) >= 11 is 0. The average molecular weight is 299 g/mol. The molecule has 1 aliphatic carbocycles. The number of anilines is 1. The molecule has 1 saturated carbocycles. The summed E-state index contributed by atoms with van der Waals surface area (Å²) in [5.41, 5.74) is 0.668. The van der Waals surface area contributed by atoms with Gasteiger partial charge in [-0.05, 0) is 35.7 Å². The Kier molecular flexibility index (Phi) is 3.71. The highest BCUT2D eigenvalue weighted by Crippen LogP contribution is 2.36. The van der Waals surface area contributed by atoms with Crippen molar-refractivity contribution in [1.82, 2.24) is 0 Å². The predicted molar refractivity (Wildman–Crippen MR) is 83.0 cm³/mol. The van der Waals surface area contributed by atoms with E-state index in [1.54, 1.807) is 0 Å². The fourth-order valence-electron chi connectivity index (χ4n) is 2.94. The van der Waals surface area contributed by atoms with Gasteiger partial charge in [0, 0.05) is 5.69 Å². The van der Waals surface area contributed by atoms with Crippen LogP contribution in [0, 0.1) is 5.92 Å². The first-order valence-corrected chi connectivity index (χ1v) is 7.20. The standard InChI is InChI=1S/C17H17NO4/c1-22-17(21)18(15-9-8-14(15)16(19)20)13-7-6-11-4-2-3-5-12(11)10-13/h2-7,10,14-15H,8-9H2,1H3,(H,19,20). The van der Waals surface area contributed by atoms with Gasteiger partial charge in [0.05, 0.1) is 19.1 Å². The van der Waals surface area contributed by atoms with Crippen LogP contribution in [0.4, 0.5) is 10.5 Å². The predicted octanol–water partition coefficient (Wildman–Crippen LogP) is 3.28. The number of carboxylic acid groups (broad SMARTS) is 1. The molecule has 0 saturated heterocycles. The molecule has 0 heterocycles. The zero-order chi connectivity index (χ0) is 15.7. The van der Waals surface area contributed by atoms with Crippen molar-refractivity contribution in [2.24, 2.45) is 5.92 Å². The van der Waals surface area contributed by atoms with Gasteiger partial charge < -0.3 is 9.84 Å². The Bertz CT molecular complexity index is 727. The zero-order valence-corrected chi connectivity index (χ0v) is 12.2. The first-order valence-electron chi connectivity index (χ1n) is 7.20. The third-order valence-corrected chi connectivity index (χ3v) is 4.27. The van der Waals surface area contributed by atoms with E-state index in [0.717, 1.165) is 10.8 Å². The number of fused-ring (bicyclic) bond motifs is 1. The van der Waals surface area contributed by atoms with Crippen LogP contribution < -0.4 is 4.90 Å². The lowest BCUT2D eigenvalue weighted by Gasteiger charge is -2.41. The molecule has 1 N–H and O–H groups in total. The van der Waals surface area contributed by atoms with Crippen LogP contribution in [0.5, 0.6) is 0 Å². The van der Waals surface area contributed by atoms with Crippen LogP contribution in [0.15, 0.2) is 42.5 Å². The number of ether oxygens (including phenoxy) is 1. The number of aliphatic carboxylic acids is 1. The molecule has 1 amide bonds. The summed E-state index contributed by atoms with van der Waals surface area (Å²) in [7, 11) is 1.31. The molecule has 3 rings (SSSR count). The van der Waals surface area contributed by atoms with Gasteiger partial charge in [0.15, 0.2) is 0 Å². The molecule has 0 spiro atoms. The third-order valence-electron chi connectivity index (χ3n) is 4.27. The van der Waals surface area contributed by atoms with Crippen molar-refractivity contribution in [3.8, 4) is 0 Å². The quantitative estimate of drug-likeness (QED) is 0.944. The molecule has 0 aliphatic heterocycles. The number of carbonyl (C=O) groups excluding carboxylic acids is 1. The van der Waals surface area contributed by atoms with E-state index in [2.05, 4.69) is 0 Å². The monoisotopic (exact) mass is 299 g/mol. The Balaban J connectivity index is 2.00. The summed E-state index contributed by atoms with van der Waals surface area (Å²) in [6.07, 6.45) is 0.728. The van der Waals surface area contributed by atoms with E-state index in [0.29, 0.717) is 18.5 Å². The van der Waals surface area contributed by atoms with E-state index in [9.17, 15) is 14.7 Å². The van der Waals surface area contributed by atoms with Gasteiger partial charge in [-0.2, -0.15) is 0 Å². The lowest BCUT2D eigenvalue weighted by Crippen LogP contribution is -2.53. The van der Waals surface area contributed by atoms with Crippen molar-refractivity contribution in [3.05, 3.63) is 42.5 Å². The van der Waals surface area contributed by atoms with E-state index < -0.39 is 18.0 Å². The Morgan fingerprint density at radius 3 is 2.45 bits per heavy atom. The number of hydrogen-bond acceptors (Lipinski definition) is 3. The van der Waals surface area contributed by atoms with Crippen molar-refractivity contribution < 1.29 is 19.4 Å². The van der Waals surface area contributed by atoms with Crippen molar-refractivity contribution in [2.45, 2.75) is 18.9 Å². The minimum atomic E-state index is -0.869. The molecule has 22 heavy (non-hydrogen) atoms. The molecule has 1 aliphatic rings. The summed E-state index contributed by atoms with van der Waals surface area (Å²) in [6, 6.07) is 13.1. The SMILES string of the molecule is COC(=O)N(c1ccc2ccccc2c1)C1CCC1C(=O)O. The number of benzene rings is 2. The van der Waals surface area contributed by atoms with E-state index in [-0.39, 0.29) is 6.04 Å². The first kappa shape index (κ1) is 14.4. The van der Waals surface area contributed by atoms with Gasteiger partial charge in [-0.25, -0.2) is 4.79 Å². The van der Waals surface area contributed by atoms with E-state index >= 15 is 0 Å². The fourth-order valence-corrected chi connectivity index (χ4v) is 2.94. The topological polar surface area (TPSA) is 66.8 Å². The number of nitrogens with zero attached hydrogens (tertiary/aromatic N) is 1. The molecular formula is C17H17NO4. The highest BCUT2D eigenvalue weighted by atomic mass is 16.5. The fraction of sp³-hybridized carbons (Fsp3) is 0.294. The maximum Gasteiger partial charge on any atom is 0.414 e. The van der Waals surface area contributed by atoms with Crippen LogP contribution in [-0.2, 0) is 9.53 Å². The van der Waals surface area contributed by atoms with Gasteiger partial charge in [0.2, 0.25) is 0 Å². The smallest absolute Gasteiger partial charge is 0.414 e. The van der Waals surface area contributed by atoms with Gasteiger partial charge in [-0.15, -0.1) is 0 Å². The maximum atomic E-state index is 12.2. The van der Waals surface area contributed by atoms with Crippen molar-refractivity contribution >= 4 is 28.5 Å². The molecule has 2 aromatic carbocycles. The van der Waals surface area contributed by atoms with Crippen LogP contribution in [0.2, 0.25) is 0 Å². The van der Waals surface area contributed by atoms with Gasteiger partial charge in [-0.1, -0.05) is 30.3 Å². The number of carbonyl (C=O) groups is 2. The molecule has 5 heteroatoms. The maximum absolute atomic E-state index is 12.2. The molecule has 2 unspecified atom stereocenters. The van der Waals surface area contributed by atoms with Crippen molar-refractivity contribution in [1.29, 1.82) is 0 Å². The largest absolute Gasteiger partial charge is 0.481 e. The summed E-state index contributed by atoms with van der Waals surface area (Å²) in [5, 5.41) is 11.3. The summed E-state index contributed by atoms with van der Waals surface area (Å²) in [5.74, 6) is -1.41. The van der Waals surface area contributed by atoms with Crippen LogP contribution in [0.25, 0.3) is 10.8 Å². The lowest BCUT2D eigenvalue weighted by molar-refractivity contribution is -0.145. The molecular weight excluding hydrogens is 282 g/mol. The van der Waals surface area contributed by atoms with Crippen LogP contribution in [0.1, 0.15) is 12.8 Å². The molecule has 0 aromatic heterocycles. The molecule has 2 aromatic rings. The molecule has 0 radical (unpaired) electrons. The number of methoxy groups -OCH3 is 1. The van der Waals surface area contributed by atoms with Gasteiger partial charge in [-0.3, -0.25) is 9.69 Å². The number of rotatable bonds is 3. The van der Waals surface area contributed by atoms with Crippen molar-refractivity contribution in [3.63, 3.8) is 0 Å². The molecule has 114 valence electrons. The summed E-state index contributed by atoms with van der Waals surface area (Å²) in [6.45, 7) is 0. The van der Waals surface area contributed by atoms with Crippen molar-refractivity contribution in [2.75, 3.05) is 12.0 Å².